The van der Waals surface area contributed by atoms with Crippen molar-refractivity contribution in [1.82, 2.24) is 21.3 Å². The summed E-state index contributed by atoms with van der Waals surface area (Å²) in [7, 11) is 0. The van der Waals surface area contributed by atoms with Gasteiger partial charge in [0.25, 0.3) is 0 Å². The molecule has 13 heteroatoms. The van der Waals surface area contributed by atoms with E-state index in [0.717, 1.165) is 21.6 Å². The average molecular weight is 710 g/mol. The number of hydrogen-bond acceptors (Lipinski definition) is 7. The number of benzene rings is 3. The maximum atomic E-state index is 13.9. The minimum absolute atomic E-state index is 0.0500. The summed E-state index contributed by atoms with van der Waals surface area (Å²) in [6.45, 7) is 1.42. The van der Waals surface area contributed by atoms with Crippen molar-refractivity contribution in [3.8, 4) is 11.1 Å². The van der Waals surface area contributed by atoms with E-state index in [1.165, 1.54) is 18.3 Å². The molecule has 3 aromatic carbocycles. The van der Waals surface area contributed by atoms with Crippen LogP contribution in [0.1, 0.15) is 35.8 Å². The fraction of sp³-hybridized carbons (Fsp3) is 0.263. The summed E-state index contributed by atoms with van der Waals surface area (Å²) in [6, 6.07) is 22.6. The van der Waals surface area contributed by atoms with E-state index in [9.17, 15) is 33.9 Å². The topological polar surface area (TPSA) is 183 Å². The van der Waals surface area contributed by atoms with Crippen LogP contribution in [0.15, 0.2) is 96.4 Å². The molecule has 4 atom stereocenters. The molecule has 4 aromatic rings. The molecule has 2 aliphatic rings. The van der Waals surface area contributed by atoms with Crippen molar-refractivity contribution in [1.29, 1.82) is 0 Å². The lowest BCUT2D eigenvalue weighted by atomic mass is 9.99. The molecule has 3 heterocycles. The van der Waals surface area contributed by atoms with Crippen LogP contribution in [0, 0.1) is 0 Å². The Morgan fingerprint density at radius 1 is 0.686 bits per heavy atom. The summed E-state index contributed by atoms with van der Waals surface area (Å²) in [4.78, 5) is 79.4. The number of aliphatic carboxylic acids is 1. The number of amides is 5. The highest BCUT2D eigenvalue weighted by molar-refractivity contribution is 7.09. The molecule has 0 saturated carbocycles. The third-order valence-electron chi connectivity index (χ3n) is 8.39. The van der Waals surface area contributed by atoms with E-state index in [1.807, 2.05) is 72.1 Å². The van der Waals surface area contributed by atoms with Crippen LogP contribution in [0.4, 0.5) is 5.69 Å². The van der Waals surface area contributed by atoms with Crippen molar-refractivity contribution in [2.75, 3.05) is 5.32 Å². The van der Waals surface area contributed by atoms with Crippen LogP contribution in [-0.4, -0.2) is 64.8 Å². The van der Waals surface area contributed by atoms with Crippen LogP contribution in [0.3, 0.4) is 0 Å². The van der Waals surface area contributed by atoms with Crippen molar-refractivity contribution < 1.29 is 33.9 Å². The number of carbonyl (C=O) groups excluding carboxylic acids is 5. The van der Waals surface area contributed by atoms with E-state index < -0.39 is 59.7 Å². The second-order valence-corrected chi connectivity index (χ2v) is 13.3. The van der Waals surface area contributed by atoms with E-state index >= 15 is 0 Å². The third-order valence-corrected chi connectivity index (χ3v) is 9.29. The zero-order valence-corrected chi connectivity index (χ0v) is 28.7. The predicted octanol–water partition coefficient (Wildman–Crippen LogP) is 3.22. The largest absolute Gasteiger partial charge is 0.480 e. The number of carbonyl (C=O) groups is 6. The molecule has 0 radical (unpaired) electrons. The van der Waals surface area contributed by atoms with Crippen molar-refractivity contribution >= 4 is 52.5 Å². The van der Waals surface area contributed by atoms with Crippen molar-refractivity contribution in [2.45, 2.75) is 63.2 Å². The number of hydrogen-bond donors (Lipinski definition) is 6. The van der Waals surface area contributed by atoms with Gasteiger partial charge in [-0.2, -0.15) is 0 Å². The number of carboxylic acid groups (broad SMARTS) is 1. The number of nitrogens with one attached hydrogen (secondary N) is 5. The molecular formula is C38H39N5O7S. The lowest BCUT2D eigenvalue weighted by Crippen LogP contribution is -2.58. The minimum atomic E-state index is -1.31. The number of carboxylic acids is 1. The summed E-state index contributed by atoms with van der Waals surface area (Å²) >= 11 is 1.40. The van der Waals surface area contributed by atoms with Gasteiger partial charge in [-0.05, 0) is 52.8 Å². The Morgan fingerprint density at radius 2 is 1.33 bits per heavy atom. The van der Waals surface area contributed by atoms with Crippen LogP contribution < -0.4 is 26.6 Å². The monoisotopic (exact) mass is 709 g/mol. The fourth-order valence-electron chi connectivity index (χ4n) is 5.57. The molecule has 12 nitrogen and oxygen atoms in total. The van der Waals surface area contributed by atoms with Gasteiger partial charge in [-0.3, -0.25) is 24.0 Å². The Kier molecular flexibility index (Phi) is 12.3. The Hall–Kier alpha value is -5.82. The number of anilines is 1. The Morgan fingerprint density at radius 3 is 2.00 bits per heavy atom. The first-order valence-corrected chi connectivity index (χ1v) is 17.4. The van der Waals surface area contributed by atoms with Crippen molar-refractivity contribution in [2.24, 2.45) is 0 Å². The summed E-state index contributed by atoms with van der Waals surface area (Å²) < 4.78 is 0. The van der Waals surface area contributed by atoms with Gasteiger partial charge in [0.1, 0.15) is 24.2 Å². The molecule has 5 amide bonds. The molecule has 51 heavy (non-hydrogen) atoms. The second kappa shape index (κ2) is 17.2. The van der Waals surface area contributed by atoms with Gasteiger partial charge < -0.3 is 31.7 Å². The van der Waals surface area contributed by atoms with Crippen molar-refractivity contribution in [3.63, 3.8) is 0 Å². The first kappa shape index (κ1) is 36.5. The molecule has 0 aliphatic carbocycles. The molecular weight excluding hydrogens is 671 g/mol. The molecule has 2 bridgehead atoms. The lowest BCUT2D eigenvalue weighted by molar-refractivity contribution is -0.142. The van der Waals surface area contributed by atoms with E-state index in [-0.39, 0.29) is 32.1 Å². The van der Waals surface area contributed by atoms with Gasteiger partial charge in [0, 0.05) is 42.7 Å². The van der Waals surface area contributed by atoms with Gasteiger partial charge in [0.2, 0.25) is 29.5 Å². The van der Waals surface area contributed by atoms with E-state index in [0.29, 0.717) is 11.3 Å². The summed E-state index contributed by atoms with van der Waals surface area (Å²) in [6.07, 6.45) is -0.214. The SMILES string of the molecule is CC1NC(=O)C(Cc2ccc(-c3ccccc3)cc2)NC(=O)C(Cc2cccs2)NC(=O)CCC(=O)Nc2ccc(cc2)CC(C(=O)O)NC1=O. The first-order valence-electron chi connectivity index (χ1n) is 16.5. The van der Waals surface area contributed by atoms with Gasteiger partial charge in [-0.1, -0.05) is 72.8 Å². The highest BCUT2D eigenvalue weighted by atomic mass is 32.1. The average Bonchev–Trinajstić information content (AvgIpc) is 3.64. The normalized spacial score (nSPS) is 20.9. The van der Waals surface area contributed by atoms with Gasteiger partial charge in [0.05, 0.1) is 0 Å². The predicted molar refractivity (Wildman–Crippen MR) is 193 cm³/mol. The molecule has 6 rings (SSSR count). The quantitative estimate of drug-likeness (QED) is 0.166. The smallest absolute Gasteiger partial charge is 0.326 e. The molecule has 264 valence electrons. The number of rotatable bonds is 6. The van der Waals surface area contributed by atoms with E-state index in [4.69, 9.17) is 0 Å². The molecule has 2 aliphatic heterocycles. The van der Waals surface area contributed by atoms with Crippen LogP contribution in [0.2, 0.25) is 0 Å². The molecule has 6 N–H and O–H groups in total. The summed E-state index contributed by atoms with van der Waals surface area (Å²) in [5.41, 5.74) is 3.72. The number of fused-ring (bicyclic) bond motifs is 18. The Labute approximate surface area is 299 Å². The van der Waals surface area contributed by atoms with Gasteiger partial charge in [-0.15, -0.1) is 11.3 Å². The van der Waals surface area contributed by atoms with Gasteiger partial charge in [-0.25, -0.2) is 4.79 Å². The van der Waals surface area contributed by atoms with E-state index in [1.54, 1.807) is 24.3 Å². The lowest BCUT2D eigenvalue weighted by Gasteiger charge is -2.25. The fourth-order valence-corrected chi connectivity index (χ4v) is 6.33. The highest BCUT2D eigenvalue weighted by Gasteiger charge is 2.30. The Balaban J connectivity index is 1.42. The Bertz CT molecular complexity index is 1850. The van der Waals surface area contributed by atoms with Gasteiger partial charge >= 0.3 is 5.97 Å². The second-order valence-electron chi connectivity index (χ2n) is 12.3. The standard InChI is InChI=1S/C38H39N5O7S/c1-23-35(46)43-32(38(49)50)21-25-11-15-28(16-12-25)40-33(44)17-18-34(45)41-31(22-29-8-5-19-51-29)37(48)42-30(36(47)39-23)20-24-9-13-27(14-10-24)26-6-3-2-4-7-26/h2-16,19,23,30-32H,17-18,20-22H2,1H3,(H,39,47)(H,40,44)(H,41,45)(H,42,48)(H,43,46)(H,49,50). The number of thiophene rings is 1. The molecule has 0 fully saturated rings. The van der Waals surface area contributed by atoms with Gasteiger partial charge in [0.15, 0.2) is 0 Å². The molecule has 0 saturated heterocycles. The maximum Gasteiger partial charge on any atom is 0.326 e. The van der Waals surface area contributed by atoms with E-state index in [2.05, 4.69) is 26.6 Å². The molecule has 0 spiro atoms. The maximum absolute atomic E-state index is 13.9. The van der Waals surface area contributed by atoms with Crippen LogP contribution in [0.25, 0.3) is 11.1 Å². The molecule has 4 unspecified atom stereocenters. The van der Waals surface area contributed by atoms with Crippen LogP contribution in [-0.2, 0) is 48.0 Å². The van der Waals surface area contributed by atoms with Crippen LogP contribution in [0.5, 0.6) is 0 Å². The zero-order chi connectivity index (χ0) is 36.3. The first-order chi connectivity index (χ1) is 24.5. The zero-order valence-electron chi connectivity index (χ0n) is 27.9. The summed E-state index contributed by atoms with van der Waals surface area (Å²) in [5.74, 6) is -4.25. The third kappa shape index (κ3) is 10.6. The molecule has 1 aromatic heterocycles. The van der Waals surface area contributed by atoms with Crippen molar-refractivity contribution in [3.05, 3.63) is 112 Å². The summed E-state index contributed by atoms with van der Waals surface area (Å²) in [5, 5.41) is 25.0. The highest BCUT2D eigenvalue weighted by Crippen LogP contribution is 2.20. The van der Waals surface area contributed by atoms with Crippen LogP contribution >= 0.6 is 11.3 Å². The minimum Gasteiger partial charge on any atom is -0.480 e.